The molecular weight excluding hydrogens is 337 g/mol. The summed E-state index contributed by atoms with van der Waals surface area (Å²) in [7, 11) is 0. The minimum absolute atomic E-state index is 0.00804. The highest BCUT2D eigenvalue weighted by atomic mass is 19.4. The molecule has 0 radical (unpaired) electrons. The molecule has 0 aliphatic heterocycles. The van der Waals surface area contributed by atoms with E-state index in [1.807, 2.05) is 0 Å². The molecule has 2 heterocycles. The highest BCUT2D eigenvalue weighted by Gasteiger charge is 2.30. The number of hydrogen-bond acceptors (Lipinski definition) is 4. The summed E-state index contributed by atoms with van der Waals surface area (Å²) in [5.74, 6) is 0.597. The Balaban J connectivity index is 1.70. The average Bonchev–Trinajstić information content (AvgIpc) is 3.09. The van der Waals surface area contributed by atoms with Crippen molar-refractivity contribution in [3.63, 3.8) is 0 Å². The SMILES string of the molecule is O=C(Nc1cccc(C(F)(F)F)c1)Nc1cc(-n2cccn2)ncn1. The van der Waals surface area contributed by atoms with Crippen LogP contribution in [0.25, 0.3) is 5.82 Å². The van der Waals surface area contributed by atoms with Crippen molar-refractivity contribution in [2.24, 2.45) is 0 Å². The molecule has 25 heavy (non-hydrogen) atoms. The molecule has 0 aliphatic carbocycles. The van der Waals surface area contributed by atoms with Crippen LogP contribution in [-0.4, -0.2) is 25.8 Å². The zero-order chi connectivity index (χ0) is 17.9. The van der Waals surface area contributed by atoms with Crippen molar-refractivity contribution in [3.8, 4) is 5.82 Å². The number of halogens is 3. The van der Waals surface area contributed by atoms with Gasteiger partial charge in [-0.2, -0.15) is 18.3 Å². The standard InChI is InChI=1S/C15H11F3N6O/c16-15(17,18)10-3-1-4-11(7-10)22-14(25)23-12-8-13(20-9-19-12)24-6-2-5-21-24/h1-9H,(H2,19,20,22,23,25). The monoisotopic (exact) mass is 348 g/mol. The van der Waals surface area contributed by atoms with E-state index in [0.717, 1.165) is 12.1 Å². The smallest absolute Gasteiger partial charge is 0.308 e. The molecule has 0 unspecified atom stereocenters. The van der Waals surface area contributed by atoms with Crippen molar-refractivity contribution in [2.45, 2.75) is 6.18 Å². The summed E-state index contributed by atoms with van der Waals surface area (Å²) in [4.78, 5) is 19.8. The third-order valence-electron chi connectivity index (χ3n) is 3.08. The van der Waals surface area contributed by atoms with Crippen LogP contribution >= 0.6 is 0 Å². The largest absolute Gasteiger partial charge is 0.416 e. The Morgan fingerprint density at radius 3 is 2.64 bits per heavy atom. The van der Waals surface area contributed by atoms with Crippen LogP contribution in [0.4, 0.5) is 29.5 Å². The molecule has 3 aromatic rings. The Morgan fingerprint density at radius 2 is 1.92 bits per heavy atom. The van der Waals surface area contributed by atoms with Gasteiger partial charge in [0, 0.05) is 24.1 Å². The molecule has 2 N–H and O–H groups in total. The second kappa shape index (κ2) is 6.59. The maximum atomic E-state index is 12.7. The molecule has 7 nitrogen and oxygen atoms in total. The predicted octanol–water partition coefficient (Wildman–Crippen LogP) is 3.33. The molecule has 0 aliphatic rings. The third-order valence-corrected chi connectivity index (χ3v) is 3.08. The lowest BCUT2D eigenvalue weighted by Gasteiger charge is -2.10. The molecule has 128 valence electrons. The van der Waals surface area contributed by atoms with E-state index in [2.05, 4.69) is 25.7 Å². The number of carbonyl (C=O) groups is 1. The van der Waals surface area contributed by atoms with Gasteiger partial charge in [-0.15, -0.1) is 0 Å². The summed E-state index contributed by atoms with van der Waals surface area (Å²) in [6, 6.07) is 6.76. The maximum Gasteiger partial charge on any atom is 0.416 e. The molecule has 2 aromatic heterocycles. The Kier molecular flexibility index (Phi) is 4.33. The first-order chi connectivity index (χ1) is 11.9. The number of aromatic nitrogens is 4. The summed E-state index contributed by atoms with van der Waals surface area (Å²) < 4.78 is 39.5. The highest BCUT2D eigenvalue weighted by Crippen LogP contribution is 2.30. The van der Waals surface area contributed by atoms with Crippen LogP contribution in [0, 0.1) is 0 Å². The van der Waals surface area contributed by atoms with Gasteiger partial charge in [0.15, 0.2) is 5.82 Å². The lowest BCUT2D eigenvalue weighted by molar-refractivity contribution is -0.137. The van der Waals surface area contributed by atoms with Crippen molar-refractivity contribution in [3.05, 3.63) is 60.7 Å². The second-order valence-corrected chi connectivity index (χ2v) is 4.87. The zero-order valence-electron chi connectivity index (χ0n) is 12.5. The number of hydrogen-bond donors (Lipinski definition) is 2. The quantitative estimate of drug-likeness (QED) is 0.760. The summed E-state index contributed by atoms with van der Waals surface area (Å²) in [6.07, 6.45) is -0.0270. The molecule has 0 bridgehead atoms. The maximum absolute atomic E-state index is 12.7. The molecule has 1 aromatic carbocycles. The summed E-state index contributed by atoms with van der Waals surface area (Å²) in [5.41, 5.74) is -0.845. The van der Waals surface area contributed by atoms with Gasteiger partial charge >= 0.3 is 12.2 Å². The lowest BCUT2D eigenvalue weighted by Crippen LogP contribution is -2.20. The van der Waals surface area contributed by atoms with Crippen LogP contribution < -0.4 is 10.6 Å². The number of amides is 2. The van der Waals surface area contributed by atoms with Gasteiger partial charge in [-0.3, -0.25) is 5.32 Å². The molecule has 10 heteroatoms. The first-order valence-electron chi connectivity index (χ1n) is 6.99. The number of nitrogens with zero attached hydrogens (tertiary/aromatic N) is 4. The number of carbonyl (C=O) groups excluding carboxylic acids is 1. The topological polar surface area (TPSA) is 84.7 Å². The van der Waals surface area contributed by atoms with Crippen LogP contribution in [0.1, 0.15) is 5.56 Å². The van der Waals surface area contributed by atoms with E-state index in [4.69, 9.17) is 0 Å². The van der Waals surface area contributed by atoms with Crippen molar-refractivity contribution >= 4 is 17.5 Å². The molecular formula is C15H11F3N6O. The normalized spacial score (nSPS) is 11.2. The van der Waals surface area contributed by atoms with Crippen LogP contribution in [0.5, 0.6) is 0 Å². The van der Waals surface area contributed by atoms with Gasteiger partial charge in [-0.05, 0) is 24.3 Å². The van der Waals surface area contributed by atoms with Gasteiger partial charge in [0.05, 0.1) is 5.56 Å². The van der Waals surface area contributed by atoms with E-state index in [9.17, 15) is 18.0 Å². The number of nitrogens with one attached hydrogen (secondary N) is 2. The number of urea groups is 1. The second-order valence-electron chi connectivity index (χ2n) is 4.87. The lowest BCUT2D eigenvalue weighted by atomic mass is 10.2. The molecule has 2 amide bonds. The van der Waals surface area contributed by atoms with E-state index < -0.39 is 17.8 Å². The number of benzene rings is 1. The van der Waals surface area contributed by atoms with Crippen LogP contribution in [-0.2, 0) is 6.18 Å². The van der Waals surface area contributed by atoms with E-state index >= 15 is 0 Å². The number of anilines is 2. The summed E-state index contributed by atoms with van der Waals surface area (Å²) in [6.45, 7) is 0. The highest BCUT2D eigenvalue weighted by molar-refractivity contribution is 5.99. The van der Waals surface area contributed by atoms with Gasteiger partial charge in [0.1, 0.15) is 12.1 Å². The molecule has 0 saturated carbocycles. The summed E-state index contributed by atoms with van der Waals surface area (Å²) >= 11 is 0. The van der Waals surface area contributed by atoms with Crippen molar-refractivity contribution in [1.29, 1.82) is 0 Å². The van der Waals surface area contributed by atoms with Crippen molar-refractivity contribution < 1.29 is 18.0 Å². The predicted molar refractivity (Wildman–Crippen MR) is 83.2 cm³/mol. The Labute approximate surface area is 139 Å². The Morgan fingerprint density at radius 1 is 1.08 bits per heavy atom. The molecule has 0 spiro atoms. The van der Waals surface area contributed by atoms with Crippen LogP contribution in [0.15, 0.2) is 55.1 Å². The average molecular weight is 348 g/mol. The van der Waals surface area contributed by atoms with Gasteiger partial charge < -0.3 is 5.32 Å². The van der Waals surface area contributed by atoms with Crippen LogP contribution in [0.3, 0.4) is 0 Å². The van der Waals surface area contributed by atoms with Gasteiger partial charge in [-0.25, -0.2) is 19.4 Å². The van der Waals surface area contributed by atoms with E-state index in [1.165, 1.54) is 29.2 Å². The fourth-order valence-electron chi connectivity index (χ4n) is 2.00. The first kappa shape index (κ1) is 16.4. The zero-order valence-corrected chi connectivity index (χ0v) is 12.5. The van der Waals surface area contributed by atoms with Crippen molar-refractivity contribution in [1.82, 2.24) is 19.7 Å². The fourth-order valence-corrected chi connectivity index (χ4v) is 2.00. The molecule has 0 fully saturated rings. The fraction of sp³-hybridized carbons (Fsp3) is 0.0667. The number of rotatable bonds is 3. The van der Waals surface area contributed by atoms with Crippen LogP contribution in [0.2, 0.25) is 0 Å². The third kappa shape index (κ3) is 4.10. The van der Waals surface area contributed by atoms with E-state index in [-0.39, 0.29) is 11.5 Å². The van der Waals surface area contributed by atoms with E-state index in [1.54, 1.807) is 18.5 Å². The van der Waals surface area contributed by atoms with E-state index in [0.29, 0.717) is 5.82 Å². The minimum Gasteiger partial charge on any atom is -0.308 e. The minimum atomic E-state index is -4.49. The van der Waals surface area contributed by atoms with Gasteiger partial charge in [0.2, 0.25) is 0 Å². The van der Waals surface area contributed by atoms with Crippen molar-refractivity contribution in [2.75, 3.05) is 10.6 Å². The molecule has 0 atom stereocenters. The molecule has 0 saturated heterocycles. The number of alkyl halides is 3. The first-order valence-corrected chi connectivity index (χ1v) is 6.99. The Bertz CT molecular complexity index is 879. The Hall–Kier alpha value is -3.43. The van der Waals surface area contributed by atoms with Gasteiger partial charge in [0.25, 0.3) is 0 Å². The molecule has 3 rings (SSSR count). The van der Waals surface area contributed by atoms with Gasteiger partial charge in [-0.1, -0.05) is 6.07 Å². The summed E-state index contributed by atoms with van der Waals surface area (Å²) in [5, 5.41) is 8.75.